The highest BCUT2D eigenvalue weighted by Gasteiger charge is 2.01. The molecule has 0 saturated heterocycles. The summed E-state index contributed by atoms with van der Waals surface area (Å²) in [5.41, 5.74) is 0. The Morgan fingerprint density at radius 3 is 2.92 bits per heavy atom. The van der Waals surface area contributed by atoms with Gasteiger partial charge in [0.25, 0.3) is 0 Å². The second-order valence-electron chi connectivity index (χ2n) is 2.53. The average molecular weight is 163 g/mol. The van der Waals surface area contributed by atoms with E-state index >= 15 is 0 Å². The number of fused-ring (bicyclic) bond motifs is 1. The highest BCUT2D eigenvalue weighted by molar-refractivity contribution is 5.82. The first kappa shape index (κ1) is 7.03. The number of hydrogen-bond donors (Lipinski definition) is 1. The largest absolute Gasteiger partial charge is 0.505 e. The van der Waals surface area contributed by atoms with Crippen LogP contribution in [-0.2, 0) is 0 Å². The van der Waals surface area contributed by atoms with Crippen LogP contribution in [0.15, 0.2) is 30.6 Å². The lowest BCUT2D eigenvalue weighted by Gasteiger charge is -1.98. The maximum absolute atomic E-state index is 12.8. The number of aromatic hydroxyl groups is 1. The van der Waals surface area contributed by atoms with Gasteiger partial charge in [0.2, 0.25) is 0 Å². The third-order valence-electron chi connectivity index (χ3n) is 1.71. The van der Waals surface area contributed by atoms with E-state index in [2.05, 4.69) is 4.98 Å². The maximum atomic E-state index is 12.8. The van der Waals surface area contributed by atoms with Gasteiger partial charge in [0.15, 0.2) is 11.6 Å². The summed E-state index contributed by atoms with van der Waals surface area (Å²) in [5.74, 6) is -0.941. The zero-order valence-electron chi connectivity index (χ0n) is 6.16. The molecular weight excluding hydrogens is 157 g/mol. The molecule has 12 heavy (non-hydrogen) atoms. The summed E-state index contributed by atoms with van der Waals surface area (Å²) in [4.78, 5) is 3.84. The first-order valence-corrected chi connectivity index (χ1v) is 3.49. The van der Waals surface area contributed by atoms with Crippen LogP contribution < -0.4 is 0 Å². The van der Waals surface area contributed by atoms with Gasteiger partial charge in [-0.15, -0.1) is 0 Å². The second-order valence-corrected chi connectivity index (χ2v) is 2.53. The van der Waals surface area contributed by atoms with E-state index in [4.69, 9.17) is 5.11 Å². The molecule has 0 fully saturated rings. The Morgan fingerprint density at radius 2 is 2.08 bits per heavy atom. The smallest absolute Gasteiger partial charge is 0.165 e. The van der Waals surface area contributed by atoms with Crippen molar-refractivity contribution in [3.8, 4) is 5.75 Å². The van der Waals surface area contributed by atoms with Gasteiger partial charge in [-0.1, -0.05) is 0 Å². The fraction of sp³-hybridized carbons (Fsp3) is 0. The van der Waals surface area contributed by atoms with E-state index in [1.165, 1.54) is 12.1 Å². The molecular formula is C9H6FNO. The fourth-order valence-electron chi connectivity index (χ4n) is 1.10. The van der Waals surface area contributed by atoms with Crippen molar-refractivity contribution >= 4 is 10.8 Å². The van der Waals surface area contributed by atoms with Crippen molar-refractivity contribution in [3.63, 3.8) is 0 Å². The van der Waals surface area contributed by atoms with Crippen molar-refractivity contribution in [3.05, 3.63) is 36.4 Å². The SMILES string of the molecule is Oc1cc2ccncc2cc1F. The molecule has 0 aliphatic rings. The summed E-state index contributed by atoms with van der Waals surface area (Å²) in [6.45, 7) is 0. The van der Waals surface area contributed by atoms with Crippen LogP contribution in [0.2, 0.25) is 0 Å². The van der Waals surface area contributed by atoms with Gasteiger partial charge in [0.1, 0.15) is 0 Å². The standard InChI is InChI=1S/C9H6FNO/c10-8-3-7-5-11-2-1-6(7)4-9(8)12/h1-5,12H. The molecule has 2 rings (SSSR count). The van der Waals surface area contributed by atoms with Crippen molar-refractivity contribution in [2.45, 2.75) is 0 Å². The molecule has 60 valence electrons. The van der Waals surface area contributed by atoms with Gasteiger partial charge in [0, 0.05) is 17.8 Å². The third-order valence-corrected chi connectivity index (χ3v) is 1.71. The predicted molar refractivity (Wildman–Crippen MR) is 43.4 cm³/mol. The topological polar surface area (TPSA) is 33.1 Å². The molecule has 1 N–H and O–H groups in total. The summed E-state index contributed by atoms with van der Waals surface area (Å²) in [7, 11) is 0. The summed E-state index contributed by atoms with van der Waals surface area (Å²) < 4.78 is 12.8. The van der Waals surface area contributed by atoms with Crippen LogP contribution in [0.3, 0.4) is 0 Å². The number of hydrogen-bond acceptors (Lipinski definition) is 2. The number of nitrogens with zero attached hydrogens (tertiary/aromatic N) is 1. The van der Waals surface area contributed by atoms with E-state index < -0.39 is 5.82 Å². The number of benzene rings is 1. The molecule has 0 radical (unpaired) electrons. The second kappa shape index (κ2) is 2.44. The number of phenols is 1. The molecule has 2 nitrogen and oxygen atoms in total. The molecule has 0 aliphatic carbocycles. The number of aromatic nitrogens is 1. The zero-order chi connectivity index (χ0) is 8.55. The normalized spacial score (nSPS) is 10.4. The Morgan fingerprint density at radius 1 is 1.25 bits per heavy atom. The fourth-order valence-corrected chi connectivity index (χ4v) is 1.10. The number of phenolic OH excluding ortho intramolecular Hbond substituents is 1. The molecule has 3 heteroatoms. The van der Waals surface area contributed by atoms with Crippen LogP contribution in [0.4, 0.5) is 4.39 Å². The molecule has 0 saturated carbocycles. The summed E-state index contributed by atoms with van der Waals surface area (Å²) in [6, 6.07) is 4.36. The van der Waals surface area contributed by atoms with Crippen molar-refractivity contribution in [2.75, 3.05) is 0 Å². The molecule has 0 aliphatic heterocycles. The third kappa shape index (κ3) is 0.993. The monoisotopic (exact) mass is 163 g/mol. The van der Waals surface area contributed by atoms with Crippen LogP contribution in [0.5, 0.6) is 5.75 Å². The zero-order valence-corrected chi connectivity index (χ0v) is 6.16. The van der Waals surface area contributed by atoms with E-state index in [1.807, 2.05) is 0 Å². The Labute approximate surface area is 68.3 Å². The predicted octanol–water partition coefficient (Wildman–Crippen LogP) is 2.08. The van der Waals surface area contributed by atoms with Gasteiger partial charge in [0.05, 0.1) is 0 Å². The summed E-state index contributed by atoms with van der Waals surface area (Å²) in [5, 5.41) is 10.5. The van der Waals surface area contributed by atoms with E-state index in [-0.39, 0.29) is 5.75 Å². The molecule has 0 spiro atoms. The van der Waals surface area contributed by atoms with Gasteiger partial charge in [-0.25, -0.2) is 4.39 Å². The first-order valence-electron chi connectivity index (χ1n) is 3.49. The number of halogens is 1. The van der Waals surface area contributed by atoms with Crippen molar-refractivity contribution in [2.24, 2.45) is 0 Å². The quantitative estimate of drug-likeness (QED) is 0.645. The minimum Gasteiger partial charge on any atom is -0.505 e. The van der Waals surface area contributed by atoms with Gasteiger partial charge in [-0.2, -0.15) is 0 Å². The van der Waals surface area contributed by atoms with E-state index in [0.29, 0.717) is 5.39 Å². The highest BCUT2D eigenvalue weighted by atomic mass is 19.1. The van der Waals surface area contributed by atoms with Crippen molar-refractivity contribution < 1.29 is 9.50 Å². The number of rotatable bonds is 0. The molecule has 1 aromatic carbocycles. The lowest BCUT2D eigenvalue weighted by Crippen LogP contribution is -1.79. The molecule has 0 atom stereocenters. The minimum absolute atomic E-state index is 0.325. The van der Waals surface area contributed by atoms with E-state index in [0.717, 1.165) is 5.39 Å². The minimum atomic E-state index is -0.615. The van der Waals surface area contributed by atoms with Crippen molar-refractivity contribution in [1.29, 1.82) is 0 Å². The summed E-state index contributed by atoms with van der Waals surface area (Å²) >= 11 is 0. The molecule has 1 heterocycles. The van der Waals surface area contributed by atoms with E-state index in [9.17, 15) is 4.39 Å². The van der Waals surface area contributed by atoms with E-state index in [1.54, 1.807) is 18.5 Å². The van der Waals surface area contributed by atoms with Crippen molar-refractivity contribution in [1.82, 2.24) is 4.98 Å². The molecule has 0 amide bonds. The van der Waals surface area contributed by atoms with Crippen LogP contribution >= 0.6 is 0 Å². The lowest BCUT2D eigenvalue weighted by atomic mass is 10.2. The lowest BCUT2D eigenvalue weighted by molar-refractivity contribution is 0.433. The van der Waals surface area contributed by atoms with Gasteiger partial charge < -0.3 is 5.11 Å². The molecule has 1 aromatic heterocycles. The van der Waals surface area contributed by atoms with Gasteiger partial charge >= 0.3 is 0 Å². The molecule has 0 unspecified atom stereocenters. The van der Waals surface area contributed by atoms with Crippen LogP contribution in [0.25, 0.3) is 10.8 Å². The van der Waals surface area contributed by atoms with Gasteiger partial charge in [-0.05, 0) is 23.6 Å². The van der Waals surface area contributed by atoms with Crippen LogP contribution in [0.1, 0.15) is 0 Å². The van der Waals surface area contributed by atoms with Crippen LogP contribution in [0, 0.1) is 5.82 Å². The Hall–Kier alpha value is -1.64. The van der Waals surface area contributed by atoms with Crippen LogP contribution in [-0.4, -0.2) is 10.1 Å². The Balaban J connectivity index is 2.84. The highest BCUT2D eigenvalue weighted by Crippen LogP contribution is 2.22. The van der Waals surface area contributed by atoms with Gasteiger partial charge in [-0.3, -0.25) is 4.98 Å². The summed E-state index contributed by atoms with van der Waals surface area (Å²) in [6.07, 6.45) is 3.15. The first-order chi connectivity index (χ1) is 5.77. The maximum Gasteiger partial charge on any atom is 0.165 e. The molecule has 0 bridgehead atoms. The molecule has 2 aromatic rings. The number of pyridine rings is 1. The Bertz CT molecular complexity index is 387. The Kier molecular flexibility index (Phi) is 1.43. The average Bonchev–Trinajstić information content (AvgIpc) is 2.07.